The molecule has 0 heterocycles. The van der Waals surface area contributed by atoms with Gasteiger partial charge in [0, 0.05) is 18.7 Å². The van der Waals surface area contributed by atoms with E-state index in [0.29, 0.717) is 0 Å². The molecular weight excluding hydrogens is 350 g/mol. The number of nitro groups is 1. The van der Waals surface area contributed by atoms with Gasteiger partial charge in [-0.3, -0.25) is 10.1 Å². The van der Waals surface area contributed by atoms with Crippen LogP contribution in [-0.4, -0.2) is 32.5 Å². The monoisotopic (exact) mass is 365 g/mol. The van der Waals surface area contributed by atoms with Gasteiger partial charge in [0.2, 0.25) is 10.0 Å². The quantitative estimate of drug-likeness (QED) is 0.564. The molecule has 0 amide bonds. The van der Waals surface area contributed by atoms with Gasteiger partial charge in [0.15, 0.2) is 0 Å². The number of halogens is 1. The van der Waals surface area contributed by atoms with Crippen LogP contribution in [0, 0.1) is 10.1 Å². The lowest BCUT2D eigenvalue weighted by Gasteiger charge is -2.13. The van der Waals surface area contributed by atoms with Crippen molar-refractivity contribution in [3.8, 4) is 0 Å². The molecule has 9 heteroatoms. The molecule has 0 saturated carbocycles. The number of nitrogens with one attached hydrogen (secondary N) is 2. The van der Waals surface area contributed by atoms with Gasteiger partial charge in [-0.05, 0) is 41.5 Å². The molecule has 112 valence electrons. The summed E-state index contributed by atoms with van der Waals surface area (Å²) in [5.41, 5.74) is -0.176. The van der Waals surface area contributed by atoms with Gasteiger partial charge in [0.1, 0.15) is 0 Å². The van der Waals surface area contributed by atoms with E-state index in [1.54, 1.807) is 0 Å². The molecule has 0 unspecified atom stereocenters. The minimum Gasteiger partial charge on any atom is -0.313 e. The Hall–Kier alpha value is -1.03. The summed E-state index contributed by atoms with van der Waals surface area (Å²) in [5, 5.41) is 13.8. The van der Waals surface area contributed by atoms with E-state index >= 15 is 0 Å². The third kappa shape index (κ3) is 4.51. The SMILES string of the molecule is CCN[C@H](C)CNS(=O)(=O)c1ccc([N+](=O)[O-])c(Br)c1. The molecule has 1 aromatic rings. The average molecular weight is 366 g/mol. The number of hydrogen-bond acceptors (Lipinski definition) is 5. The molecule has 0 bridgehead atoms. The van der Waals surface area contributed by atoms with E-state index in [0.717, 1.165) is 12.6 Å². The normalized spacial score (nSPS) is 13.2. The summed E-state index contributed by atoms with van der Waals surface area (Å²) in [6.07, 6.45) is 0. The Kier molecular flexibility index (Phi) is 6.06. The van der Waals surface area contributed by atoms with Crippen molar-refractivity contribution in [3.05, 3.63) is 32.8 Å². The predicted molar refractivity (Wildman–Crippen MR) is 79.1 cm³/mol. The molecule has 2 N–H and O–H groups in total. The lowest BCUT2D eigenvalue weighted by Crippen LogP contribution is -2.38. The average Bonchev–Trinajstić information content (AvgIpc) is 2.36. The van der Waals surface area contributed by atoms with E-state index in [1.165, 1.54) is 12.1 Å². The third-order valence-corrected chi connectivity index (χ3v) is 4.61. The molecule has 0 aliphatic rings. The van der Waals surface area contributed by atoms with E-state index in [9.17, 15) is 18.5 Å². The molecule has 20 heavy (non-hydrogen) atoms. The molecule has 7 nitrogen and oxygen atoms in total. The Labute approximate surface area is 126 Å². The van der Waals surface area contributed by atoms with Crippen molar-refractivity contribution in [1.29, 1.82) is 0 Å². The van der Waals surface area contributed by atoms with E-state index in [4.69, 9.17) is 0 Å². The van der Waals surface area contributed by atoms with Gasteiger partial charge in [-0.25, -0.2) is 13.1 Å². The number of hydrogen-bond donors (Lipinski definition) is 2. The third-order valence-electron chi connectivity index (χ3n) is 2.56. The van der Waals surface area contributed by atoms with Gasteiger partial charge in [-0.1, -0.05) is 6.92 Å². The highest BCUT2D eigenvalue weighted by Gasteiger charge is 2.19. The molecule has 1 rings (SSSR count). The Morgan fingerprint density at radius 3 is 2.60 bits per heavy atom. The van der Waals surface area contributed by atoms with Gasteiger partial charge in [0.25, 0.3) is 5.69 Å². The van der Waals surface area contributed by atoms with E-state index in [-0.39, 0.29) is 27.6 Å². The molecule has 1 aromatic carbocycles. The molecule has 0 aromatic heterocycles. The van der Waals surface area contributed by atoms with Crippen LogP contribution in [0.2, 0.25) is 0 Å². The van der Waals surface area contributed by atoms with Crippen molar-refractivity contribution in [2.24, 2.45) is 0 Å². The first-order valence-electron chi connectivity index (χ1n) is 5.95. The standard InChI is InChI=1S/C11H16BrN3O4S/c1-3-13-8(2)7-14-20(18,19)9-4-5-11(15(16)17)10(12)6-9/h4-6,8,13-14H,3,7H2,1-2H3/t8-/m1/s1. The molecule has 0 spiro atoms. The Morgan fingerprint density at radius 1 is 1.45 bits per heavy atom. The Balaban J connectivity index is 2.88. The van der Waals surface area contributed by atoms with E-state index in [2.05, 4.69) is 26.0 Å². The van der Waals surface area contributed by atoms with Gasteiger partial charge >= 0.3 is 0 Å². The van der Waals surface area contributed by atoms with Crippen LogP contribution in [0.15, 0.2) is 27.6 Å². The van der Waals surface area contributed by atoms with Gasteiger partial charge < -0.3 is 5.32 Å². The summed E-state index contributed by atoms with van der Waals surface area (Å²) in [7, 11) is -3.68. The number of nitro benzene ring substituents is 1. The maximum Gasteiger partial charge on any atom is 0.283 e. The summed E-state index contributed by atoms with van der Waals surface area (Å²) in [6, 6.07) is 3.59. The van der Waals surface area contributed by atoms with Gasteiger partial charge in [-0.2, -0.15) is 0 Å². The van der Waals surface area contributed by atoms with Crippen LogP contribution in [0.5, 0.6) is 0 Å². The zero-order valence-corrected chi connectivity index (χ0v) is 13.5. The molecule has 1 atom stereocenters. The van der Waals surface area contributed by atoms with Crippen LogP contribution in [0.4, 0.5) is 5.69 Å². The zero-order chi connectivity index (χ0) is 15.3. The molecule has 0 aliphatic heterocycles. The number of sulfonamides is 1. The minimum atomic E-state index is -3.68. The van der Waals surface area contributed by atoms with E-state index < -0.39 is 14.9 Å². The summed E-state index contributed by atoms with van der Waals surface area (Å²) < 4.78 is 26.7. The Bertz CT molecular complexity index is 591. The smallest absolute Gasteiger partial charge is 0.283 e. The largest absolute Gasteiger partial charge is 0.313 e. The van der Waals surface area contributed by atoms with Crippen molar-refractivity contribution in [2.45, 2.75) is 24.8 Å². The fourth-order valence-electron chi connectivity index (χ4n) is 1.54. The summed E-state index contributed by atoms with van der Waals surface area (Å²) in [4.78, 5) is 10.1. The van der Waals surface area contributed by atoms with Gasteiger partial charge in [0.05, 0.1) is 14.3 Å². The van der Waals surface area contributed by atoms with Crippen LogP contribution in [0.25, 0.3) is 0 Å². The van der Waals surface area contributed by atoms with Crippen LogP contribution in [0.1, 0.15) is 13.8 Å². The summed E-state index contributed by atoms with van der Waals surface area (Å²) >= 11 is 3.00. The first kappa shape index (κ1) is 17.0. The second-order valence-electron chi connectivity index (χ2n) is 4.18. The minimum absolute atomic E-state index is 0.00346. The predicted octanol–water partition coefficient (Wildman–Crippen LogP) is 1.63. The molecule has 0 saturated heterocycles. The van der Waals surface area contributed by atoms with Gasteiger partial charge in [-0.15, -0.1) is 0 Å². The summed E-state index contributed by atoms with van der Waals surface area (Å²) in [6.45, 7) is 4.77. The van der Waals surface area contributed by atoms with Crippen molar-refractivity contribution in [1.82, 2.24) is 10.0 Å². The maximum atomic E-state index is 12.0. The van der Waals surface area contributed by atoms with Crippen LogP contribution in [-0.2, 0) is 10.0 Å². The highest BCUT2D eigenvalue weighted by atomic mass is 79.9. The fraction of sp³-hybridized carbons (Fsp3) is 0.455. The number of nitrogens with zero attached hydrogens (tertiary/aromatic N) is 1. The topological polar surface area (TPSA) is 101 Å². The molecule has 0 fully saturated rings. The number of benzene rings is 1. The lowest BCUT2D eigenvalue weighted by molar-refractivity contribution is -0.385. The number of likely N-dealkylation sites (N-methyl/N-ethyl adjacent to an activating group) is 1. The van der Waals surface area contributed by atoms with Crippen LogP contribution in [0.3, 0.4) is 0 Å². The molecular formula is C11H16BrN3O4S. The van der Waals surface area contributed by atoms with Crippen molar-refractivity contribution < 1.29 is 13.3 Å². The first-order valence-corrected chi connectivity index (χ1v) is 8.22. The molecule has 0 radical (unpaired) electrons. The van der Waals surface area contributed by atoms with Crippen LogP contribution < -0.4 is 10.0 Å². The second kappa shape index (κ2) is 7.11. The van der Waals surface area contributed by atoms with Crippen molar-refractivity contribution >= 4 is 31.6 Å². The first-order chi connectivity index (χ1) is 9.27. The van der Waals surface area contributed by atoms with E-state index in [1.807, 2.05) is 13.8 Å². The fourth-order valence-corrected chi connectivity index (χ4v) is 3.37. The van der Waals surface area contributed by atoms with Crippen molar-refractivity contribution in [3.63, 3.8) is 0 Å². The lowest BCUT2D eigenvalue weighted by atomic mass is 10.3. The molecule has 0 aliphatic carbocycles. The summed E-state index contributed by atoms with van der Waals surface area (Å²) in [5.74, 6) is 0. The maximum absolute atomic E-state index is 12.0. The highest BCUT2D eigenvalue weighted by molar-refractivity contribution is 9.10. The zero-order valence-electron chi connectivity index (χ0n) is 11.1. The van der Waals surface area contributed by atoms with Crippen molar-refractivity contribution in [2.75, 3.05) is 13.1 Å². The Morgan fingerprint density at radius 2 is 2.10 bits per heavy atom. The second-order valence-corrected chi connectivity index (χ2v) is 6.80. The number of rotatable bonds is 7. The highest BCUT2D eigenvalue weighted by Crippen LogP contribution is 2.27. The van der Waals surface area contributed by atoms with Crippen LogP contribution >= 0.6 is 15.9 Å².